The Morgan fingerprint density at radius 1 is 1.14 bits per heavy atom. The van der Waals surface area contributed by atoms with Gasteiger partial charge in [-0.05, 0) is 6.42 Å². The molecule has 0 spiro atoms. The van der Waals surface area contributed by atoms with E-state index < -0.39 is 5.97 Å². The number of ether oxygens (including phenoxy) is 3. The van der Waals surface area contributed by atoms with E-state index in [1.54, 1.807) is 0 Å². The van der Waals surface area contributed by atoms with Crippen molar-refractivity contribution in [1.82, 2.24) is 0 Å². The maximum atomic E-state index is 10.8. The minimum absolute atomic E-state index is 0.0966. The molecule has 0 aliphatic carbocycles. The lowest BCUT2D eigenvalue weighted by atomic mass is 10.3. The van der Waals surface area contributed by atoms with Crippen molar-refractivity contribution in [3.63, 3.8) is 0 Å². The zero-order valence-corrected chi connectivity index (χ0v) is 8.58. The number of hydrogen-bond donors (Lipinski definition) is 0. The lowest BCUT2D eigenvalue weighted by Crippen LogP contribution is -2.12. The number of hydrogen-bond acceptors (Lipinski definition) is 5. The molecule has 0 bridgehead atoms. The third kappa shape index (κ3) is 8.99. The molecule has 0 radical (unpaired) electrons. The van der Waals surface area contributed by atoms with E-state index in [1.165, 1.54) is 6.92 Å². The van der Waals surface area contributed by atoms with Crippen molar-refractivity contribution in [3.8, 4) is 0 Å². The van der Waals surface area contributed by atoms with Crippen LogP contribution in [0.3, 0.4) is 0 Å². The standard InChI is InChI=1S/C9H16O5/c1-3-4-9(11)13-6-5-12-7-14-8(2)10/h3-7H2,1-2H3. The van der Waals surface area contributed by atoms with Crippen molar-refractivity contribution < 1.29 is 23.8 Å². The van der Waals surface area contributed by atoms with Gasteiger partial charge in [-0.25, -0.2) is 0 Å². The molecule has 0 rings (SSSR count). The average molecular weight is 204 g/mol. The van der Waals surface area contributed by atoms with E-state index in [9.17, 15) is 9.59 Å². The van der Waals surface area contributed by atoms with Crippen LogP contribution in [0, 0.1) is 0 Å². The highest BCUT2D eigenvalue weighted by Crippen LogP contribution is 1.91. The maximum Gasteiger partial charge on any atom is 0.305 e. The van der Waals surface area contributed by atoms with Crippen LogP contribution in [0.25, 0.3) is 0 Å². The molecule has 0 aromatic carbocycles. The van der Waals surface area contributed by atoms with Crippen LogP contribution in [0.4, 0.5) is 0 Å². The zero-order chi connectivity index (χ0) is 10.8. The van der Waals surface area contributed by atoms with Crippen molar-refractivity contribution in [1.29, 1.82) is 0 Å². The van der Waals surface area contributed by atoms with Crippen LogP contribution in [-0.2, 0) is 23.8 Å². The third-order valence-corrected chi connectivity index (χ3v) is 1.29. The van der Waals surface area contributed by atoms with E-state index in [-0.39, 0.29) is 26.0 Å². The van der Waals surface area contributed by atoms with E-state index in [0.717, 1.165) is 6.42 Å². The van der Waals surface area contributed by atoms with Crippen LogP contribution in [-0.4, -0.2) is 31.9 Å². The van der Waals surface area contributed by atoms with Crippen LogP contribution < -0.4 is 0 Å². The molecule has 0 aliphatic rings. The summed E-state index contributed by atoms with van der Waals surface area (Å²) in [4.78, 5) is 21.1. The molecule has 0 aromatic rings. The Bertz CT molecular complexity index is 178. The second-order valence-corrected chi connectivity index (χ2v) is 2.63. The lowest BCUT2D eigenvalue weighted by molar-refractivity contribution is -0.158. The quantitative estimate of drug-likeness (QED) is 0.350. The molecule has 0 aliphatic heterocycles. The van der Waals surface area contributed by atoms with E-state index in [0.29, 0.717) is 6.42 Å². The molecule has 0 fully saturated rings. The summed E-state index contributed by atoms with van der Waals surface area (Å²) < 4.78 is 14.1. The Morgan fingerprint density at radius 3 is 2.43 bits per heavy atom. The molecule has 0 aromatic heterocycles. The van der Waals surface area contributed by atoms with Gasteiger partial charge in [0.05, 0.1) is 6.61 Å². The Balaban J connectivity index is 3.13. The van der Waals surface area contributed by atoms with Gasteiger partial charge in [0.15, 0.2) is 6.79 Å². The minimum Gasteiger partial charge on any atom is -0.463 e. The van der Waals surface area contributed by atoms with Crippen molar-refractivity contribution in [2.75, 3.05) is 20.0 Å². The van der Waals surface area contributed by atoms with Crippen molar-refractivity contribution in [2.45, 2.75) is 26.7 Å². The summed E-state index contributed by atoms with van der Waals surface area (Å²) in [5.74, 6) is -0.628. The summed E-state index contributed by atoms with van der Waals surface area (Å²) >= 11 is 0. The molecule has 0 unspecified atom stereocenters. The summed E-state index contributed by atoms with van der Waals surface area (Å²) in [6, 6.07) is 0. The molecule has 0 saturated heterocycles. The van der Waals surface area contributed by atoms with Crippen LogP contribution in [0.15, 0.2) is 0 Å². The first-order valence-electron chi connectivity index (χ1n) is 4.53. The van der Waals surface area contributed by atoms with Gasteiger partial charge >= 0.3 is 11.9 Å². The molecule has 0 N–H and O–H groups in total. The van der Waals surface area contributed by atoms with Gasteiger partial charge in [-0.15, -0.1) is 0 Å². The van der Waals surface area contributed by atoms with Gasteiger partial charge in [-0.1, -0.05) is 6.92 Å². The van der Waals surface area contributed by atoms with Crippen LogP contribution >= 0.6 is 0 Å². The first-order chi connectivity index (χ1) is 6.66. The van der Waals surface area contributed by atoms with E-state index in [4.69, 9.17) is 9.47 Å². The molecule has 0 amide bonds. The van der Waals surface area contributed by atoms with Gasteiger partial charge in [-0.2, -0.15) is 0 Å². The van der Waals surface area contributed by atoms with Crippen LogP contribution in [0.1, 0.15) is 26.7 Å². The lowest BCUT2D eigenvalue weighted by Gasteiger charge is -2.05. The summed E-state index contributed by atoms with van der Waals surface area (Å²) in [5.41, 5.74) is 0. The van der Waals surface area contributed by atoms with E-state index >= 15 is 0 Å². The van der Waals surface area contributed by atoms with Gasteiger partial charge in [0.25, 0.3) is 0 Å². The largest absolute Gasteiger partial charge is 0.463 e. The highest BCUT2D eigenvalue weighted by molar-refractivity contribution is 5.69. The molecule has 0 saturated carbocycles. The topological polar surface area (TPSA) is 61.8 Å². The maximum absolute atomic E-state index is 10.8. The number of carbonyl (C=O) groups is 2. The fourth-order valence-corrected chi connectivity index (χ4v) is 0.674. The van der Waals surface area contributed by atoms with Gasteiger partial charge in [0.2, 0.25) is 0 Å². The molecular formula is C9H16O5. The summed E-state index contributed by atoms with van der Waals surface area (Å²) in [7, 11) is 0. The summed E-state index contributed by atoms with van der Waals surface area (Å²) in [5, 5.41) is 0. The summed E-state index contributed by atoms with van der Waals surface area (Å²) in [6.45, 7) is 3.53. The molecular weight excluding hydrogens is 188 g/mol. The monoisotopic (exact) mass is 204 g/mol. The first-order valence-corrected chi connectivity index (χ1v) is 4.53. The van der Waals surface area contributed by atoms with Crippen LogP contribution in [0.2, 0.25) is 0 Å². The smallest absolute Gasteiger partial charge is 0.305 e. The molecule has 5 heteroatoms. The van der Waals surface area contributed by atoms with Crippen molar-refractivity contribution in [3.05, 3.63) is 0 Å². The molecule has 82 valence electrons. The van der Waals surface area contributed by atoms with Gasteiger partial charge in [-0.3, -0.25) is 9.59 Å². The van der Waals surface area contributed by atoms with Crippen molar-refractivity contribution >= 4 is 11.9 Å². The second-order valence-electron chi connectivity index (χ2n) is 2.63. The predicted molar refractivity (Wildman–Crippen MR) is 48.5 cm³/mol. The molecule has 0 heterocycles. The summed E-state index contributed by atoms with van der Waals surface area (Å²) in [6.07, 6.45) is 1.19. The highest BCUT2D eigenvalue weighted by atomic mass is 16.7. The second kappa shape index (κ2) is 8.50. The highest BCUT2D eigenvalue weighted by Gasteiger charge is 1.99. The van der Waals surface area contributed by atoms with Gasteiger partial charge in [0, 0.05) is 13.3 Å². The van der Waals surface area contributed by atoms with E-state index in [1.807, 2.05) is 6.92 Å². The molecule has 14 heavy (non-hydrogen) atoms. The van der Waals surface area contributed by atoms with Gasteiger partial charge in [0.1, 0.15) is 6.61 Å². The Labute approximate surface area is 83.3 Å². The van der Waals surface area contributed by atoms with E-state index in [2.05, 4.69) is 4.74 Å². The molecule has 0 atom stereocenters. The number of carbonyl (C=O) groups excluding carboxylic acids is 2. The SMILES string of the molecule is CCCC(=O)OCCOCOC(C)=O. The van der Waals surface area contributed by atoms with Crippen molar-refractivity contribution in [2.24, 2.45) is 0 Å². The Hall–Kier alpha value is -1.10. The number of rotatable bonds is 7. The molecule has 5 nitrogen and oxygen atoms in total. The first kappa shape index (κ1) is 12.9. The Morgan fingerprint density at radius 2 is 1.86 bits per heavy atom. The zero-order valence-electron chi connectivity index (χ0n) is 8.58. The van der Waals surface area contributed by atoms with Gasteiger partial charge < -0.3 is 14.2 Å². The minimum atomic E-state index is -0.395. The van der Waals surface area contributed by atoms with Crippen LogP contribution in [0.5, 0.6) is 0 Å². The third-order valence-electron chi connectivity index (χ3n) is 1.29. The number of esters is 2. The fraction of sp³-hybridized carbons (Fsp3) is 0.778. The predicted octanol–water partition coefficient (Wildman–Crippen LogP) is 0.867. The Kier molecular flexibility index (Phi) is 7.83. The fourth-order valence-electron chi connectivity index (χ4n) is 0.674. The normalized spacial score (nSPS) is 9.57. The average Bonchev–Trinajstić information content (AvgIpc) is 2.11.